The predicted molar refractivity (Wildman–Crippen MR) is 121 cm³/mol. The topological polar surface area (TPSA) is 80.2 Å². The number of benzene rings is 3. The van der Waals surface area contributed by atoms with Crippen molar-refractivity contribution in [1.29, 1.82) is 0 Å². The molecule has 29 heavy (non-hydrogen) atoms. The van der Waals surface area contributed by atoms with Crippen LogP contribution < -0.4 is 14.9 Å². The van der Waals surface area contributed by atoms with Gasteiger partial charge in [-0.15, -0.1) is 6.42 Å². The molecule has 0 atom stereocenters. The lowest BCUT2D eigenvalue weighted by atomic mass is 10.1. The molecule has 0 unspecified atom stereocenters. The minimum absolute atomic E-state index is 0.109. The number of hydrazone groups is 1. The van der Waals surface area contributed by atoms with Gasteiger partial charge < -0.3 is 14.6 Å². The van der Waals surface area contributed by atoms with E-state index in [1.165, 1.54) is 13.3 Å². The van der Waals surface area contributed by atoms with Gasteiger partial charge in [0.15, 0.2) is 11.5 Å². The Bertz CT molecular complexity index is 1140. The Labute approximate surface area is 181 Å². The molecule has 1 amide bonds. The Morgan fingerprint density at radius 1 is 1.28 bits per heavy atom. The predicted octanol–water partition coefficient (Wildman–Crippen LogP) is 3.93. The van der Waals surface area contributed by atoms with Gasteiger partial charge in [-0.2, -0.15) is 5.10 Å². The van der Waals surface area contributed by atoms with E-state index in [1.54, 1.807) is 18.2 Å². The van der Waals surface area contributed by atoms with Crippen LogP contribution >= 0.6 is 22.6 Å². The van der Waals surface area contributed by atoms with Gasteiger partial charge in [0.2, 0.25) is 0 Å². The summed E-state index contributed by atoms with van der Waals surface area (Å²) in [6.07, 6.45) is 6.71. The largest absolute Gasteiger partial charge is 0.507 e. The Kier molecular flexibility index (Phi) is 6.57. The minimum atomic E-state index is -0.514. The van der Waals surface area contributed by atoms with Gasteiger partial charge in [-0.05, 0) is 63.2 Å². The number of hydrogen-bond acceptors (Lipinski definition) is 5. The number of carbonyl (C=O) groups is 1. The van der Waals surface area contributed by atoms with Crippen molar-refractivity contribution in [2.24, 2.45) is 5.10 Å². The number of terminal acetylenes is 1. The molecular weight excluding hydrogens is 483 g/mol. The zero-order valence-corrected chi connectivity index (χ0v) is 17.6. The summed E-state index contributed by atoms with van der Waals surface area (Å²) in [7, 11) is 1.53. The summed E-state index contributed by atoms with van der Waals surface area (Å²) in [6, 6.07) is 14.2. The summed E-state index contributed by atoms with van der Waals surface area (Å²) in [6.45, 7) is 0.130. The van der Waals surface area contributed by atoms with E-state index in [1.807, 2.05) is 30.3 Å². The molecule has 3 aromatic rings. The van der Waals surface area contributed by atoms with Crippen LogP contribution in [-0.2, 0) is 0 Å². The van der Waals surface area contributed by atoms with Gasteiger partial charge in [0, 0.05) is 0 Å². The third-order valence-electron chi connectivity index (χ3n) is 4.04. The summed E-state index contributed by atoms with van der Waals surface area (Å²) in [5, 5.41) is 15.8. The van der Waals surface area contributed by atoms with Crippen LogP contribution in [0.3, 0.4) is 0 Å². The molecule has 3 aromatic carbocycles. The smallest absolute Gasteiger partial charge is 0.275 e. The van der Waals surface area contributed by atoms with Crippen molar-refractivity contribution in [2.45, 2.75) is 0 Å². The number of aromatic hydroxyl groups is 1. The van der Waals surface area contributed by atoms with E-state index in [-0.39, 0.29) is 17.9 Å². The number of amides is 1. The SMILES string of the molecule is C#CCOc1c(I)cc(C=NNC(=O)c2cc3ccccc3cc2O)cc1OC. The van der Waals surface area contributed by atoms with Crippen molar-refractivity contribution >= 4 is 45.5 Å². The van der Waals surface area contributed by atoms with E-state index >= 15 is 0 Å². The molecule has 7 heteroatoms. The van der Waals surface area contributed by atoms with Crippen molar-refractivity contribution in [3.8, 4) is 29.6 Å². The number of phenols is 1. The van der Waals surface area contributed by atoms with Crippen molar-refractivity contribution in [1.82, 2.24) is 5.43 Å². The lowest BCUT2D eigenvalue weighted by molar-refractivity contribution is 0.0952. The number of nitrogens with one attached hydrogen (secondary N) is 1. The first-order valence-corrected chi connectivity index (χ1v) is 9.60. The summed E-state index contributed by atoms with van der Waals surface area (Å²) >= 11 is 2.11. The molecule has 0 bridgehead atoms. The number of ether oxygens (including phenoxy) is 2. The fourth-order valence-corrected chi connectivity index (χ4v) is 3.49. The fraction of sp³-hybridized carbons (Fsp3) is 0.0909. The first kappa shape index (κ1) is 20.5. The summed E-state index contributed by atoms with van der Waals surface area (Å²) in [5.74, 6) is 2.85. The van der Waals surface area contributed by atoms with Gasteiger partial charge in [0.1, 0.15) is 12.4 Å². The maximum absolute atomic E-state index is 12.4. The van der Waals surface area contributed by atoms with E-state index in [2.05, 4.69) is 39.0 Å². The molecule has 0 heterocycles. The molecule has 3 rings (SSSR count). The van der Waals surface area contributed by atoms with Crippen LogP contribution in [0, 0.1) is 15.9 Å². The van der Waals surface area contributed by atoms with Crippen LogP contribution in [0.1, 0.15) is 15.9 Å². The van der Waals surface area contributed by atoms with Gasteiger partial charge in [-0.1, -0.05) is 30.2 Å². The quantitative estimate of drug-likeness (QED) is 0.233. The number of fused-ring (bicyclic) bond motifs is 1. The molecule has 2 N–H and O–H groups in total. The number of hydrogen-bond donors (Lipinski definition) is 2. The van der Waals surface area contributed by atoms with Crippen molar-refractivity contribution in [2.75, 3.05) is 13.7 Å². The number of carbonyl (C=O) groups excluding carboxylic acids is 1. The van der Waals surface area contributed by atoms with Gasteiger partial charge in [-0.3, -0.25) is 4.79 Å². The van der Waals surface area contributed by atoms with Gasteiger partial charge in [-0.25, -0.2) is 5.43 Å². The zero-order valence-electron chi connectivity index (χ0n) is 15.5. The zero-order chi connectivity index (χ0) is 20.8. The van der Waals surface area contributed by atoms with E-state index in [9.17, 15) is 9.90 Å². The molecule has 0 saturated carbocycles. The summed E-state index contributed by atoms with van der Waals surface area (Å²) in [5.41, 5.74) is 3.27. The van der Waals surface area contributed by atoms with Crippen LogP contribution in [0.4, 0.5) is 0 Å². The minimum Gasteiger partial charge on any atom is -0.507 e. The van der Waals surface area contributed by atoms with E-state index in [0.29, 0.717) is 17.1 Å². The molecule has 0 aliphatic rings. The number of methoxy groups -OCH3 is 1. The van der Waals surface area contributed by atoms with Crippen molar-refractivity contribution in [3.63, 3.8) is 0 Å². The Morgan fingerprint density at radius 3 is 2.69 bits per heavy atom. The normalized spacial score (nSPS) is 10.7. The Balaban J connectivity index is 1.77. The fourth-order valence-electron chi connectivity index (χ4n) is 2.70. The molecule has 0 aliphatic heterocycles. The molecular formula is C22H17IN2O4. The molecule has 0 spiro atoms. The second kappa shape index (κ2) is 9.30. The highest BCUT2D eigenvalue weighted by Gasteiger charge is 2.13. The molecule has 0 fully saturated rings. The van der Waals surface area contributed by atoms with Gasteiger partial charge in [0.05, 0.1) is 22.5 Å². The lowest BCUT2D eigenvalue weighted by Gasteiger charge is -2.11. The van der Waals surface area contributed by atoms with Crippen LogP contribution in [-0.4, -0.2) is 30.9 Å². The van der Waals surface area contributed by atoms with Crippen LogP contribution in [0.15, 0.2) is 53.6 Å². The third kappa shape index (κ3) is 4.78. The van der Waals surface area contributed by atoms with E-state index in [4.69, 9.17) is 15.9 Å². The molecule has 0 aromatic heterocycles. The first-order chi connectivity index (χ1) is 14.0. The highest BCUT2D eigenvalue weighted by atomic mass is 127. The van der Waals surface area contributed by atoms with E-state index < -0.39 is 5.91 Å². The number of phenolic OH excluding ortho intramolecular Hbond substituents is 1. The first-order valence-electron chi connectivity index (χ1n) is 8.52. The van der Waals surface area contributed by atoms with Crippen molar-refractivity contribution < 1.29 is 19.4 Å². The second-order valence-corrected chi connectivity index (χ2v) is 7.10. The average molecular weight is 500 g/mol. The monoisotopic (exact) mass is 500 g/mol. The maximum atomic E-state index is 12.4. The summed E-state index contributed by atoms with van der Waals surface area (Å²) < 4.78 is 11.6. The molecule has 0 aliphatic carbocycles. The molecule has 6 nitrogen and oxygen atoms in total. The van der Waals surface area contributed by atoms with Crippen molar-refractivity contribution in [3.05, 3.63) is 63.2 Å². The number of nitrogens with zero attached hydrogens (tertiary/aromatic N) is 1. The number of halogens is 1. The third-order valence-corrected chi connectivity index (χ3v) is 4.84. The Morgan fingerprint density at radius 2 is 2.00 bits per heavy atom. The van der Waals surface area contributed by atoms with Crippen LogP contribution in [0.5, 0.6) is 17.2 Å². The summed E-state index contributed by atoms with van der Waals surface area (Å²) in [4.78, 5) is 12.4. The van der Waals surface area contributed by atoms with E-state index in [0.717, 1.165) is 14.3 Å². The average Bonchev–Trinajstić information content (AvgIpc) is 2.72. The molecule has 0 saturated heterocycles. The second-order valence-electron chi connectivity index (χ2n) is 5.94. The Hall–Kier alpha value is -3.25. The molecule has 0 radical (unpaired) electrons. The lowest BCUT2D eigenvalue weighted by Crippen LogP contribution is -2.17. The highest BCUT2D eigenvalue weighted by molar-refractivity contribution is 14.1. The van der Waals surface area contributed by atoms with Crippen LogP contribution in [0.25, 0.3) is 10.8 Å². The molecule has 146 valence electrons. The van der Waals surface area contributed by atoms with Crippen LogP contribution in [0.2, 0.25) is 0 Å². The van der Waals surface area contributed by atoms with Gasteiger partial charge in [0.25, 0.3) is 5.91 Å². The maximum Gasteiger partial charge on any atom is 0.275 e. The highest BCUT2D eigenvalue weighted by Crippen LogP contribution is 2.33. The van der Waals surface area contributed by atoms with Gasteiger partial charge >= 0.3 is 0 Å². The standard InChI is InChI=1S/C22H17IN2O4/c1-3-8-29-21-18(23)9-14(10-20(21)28-2)13-24-25-22(27)17-11-15-6-4-5-7-16(15)12-19(17)26/h1,4-7,9-13,26H,8H2,2H3,(H,25,27). The number of rotatable bonds is 6.